The van der Waals surface area contributed by atoms with Crippen molar-refractivity contribution >= 4 is 32.1 Å². The van der Waals surface area contributed by atoms with Gasteiger partial charge >= 0.3 is 0 Å². The summed E-state index contributed by atoms with van der Waals surface area (Å²) in [6.45, 7) is 4.77. The molecule has 1 aromatic carbocycles. The van der Waals surface area contributed by atoms with Gasteiger partial charge < -0.3 is 10.2 Å². The number of nitrogens with zero attached hydrogens (tertiary/aromatic N) is 1. The van der Waals surface area contributed by atoms with Gasteiger partial charge in [-0.05, 0) is 25.0 Å². The molecule has 3 nitrogen and oxygen atoms in total. The van der Waals surface area contributed by atoms with Crippen molar-refractivity contribution in [3.8, 4) is 11.5 Å². The fourth-order valence-electron chi connectivity index (χ4n) is 1.73. The van der Waals surface area contributed by atoms with E-state index in [0.717, 1.165) is 26.4 Å². The molecule has 18 heavy (non-hydrogen) atoms. The summed E-state index contributed by atoms with van der Waals surface area (Å²) >= 11 is 2.90. The maximum atomic E-state index is 9.97. The summed E-state index contributed by atoms with van der Waals surface area (Å²) in [4.78, 5) is 4.51. The Labute approximate surface area is 114 Å². The topological polar surface area (TPSA) is 52.8 Å². The fraction of sp³-hybridized carbons (Fsp3) is 0.462. The Balaban J connectivity index is 2.38. The Morgan fingerprint density at radius 2 is 1.89 bits per heavy atom. The summed E-state index contributed by atoms with van der Waals surface area (Å²) in [6, 6.07) is 1.60. The Bertz CT molecular complexity index is 613. The first-order valence-electron chi connectivity index (χ1n) is 6.09. The van der Waals surface area contributed by atoms with Gasteiger partial charge in [0.25, 0.3) is 0 Å². The molecule has 2 N–H and O–H groups in total. The number of benzene rings is 1. The van der Waals surface area contributed by atoms with E-state index in [4.69, 9.17) is 0 Å². The SMILES string of the molecule is CCCCCN=c1sc2c(O)cc(C)c(O)c2s1. The number of phenolic OH excluding ortho intramolecular Hbond substituents is 2. The molecule has 0 spiro atoms. The molecule has 0 radical (unpaired) electrons. The van der Waals surface area contributed by atoms with Crippen LogP contribution in [-0.2, 0) is 0 Å². The quantitative estimate of drug-likeness (QED) is 0.663. The van der Waals surface area contributed by atoms with E-state index in [0.29, 0.717) is 5.56 Å². The molecule has 0 saturated heterocycles. The van der Waals surface area contributed by atoms with Crippen LogP contribution in [0.4, 0.5) is 0 Å². The van der Waals surface area contributed by atoms with Crippen molar-refractivity contribution in [3.63, 3.8) is 0 Å². The number of aryl methyl sites for hydroxylation is 1. The number of hydrogen-bond acceptors (Lipinski definition) is 5. The van der Waals surface area contributed by atoms with Gasteiger partial charge in [-0.25, -0.2) is 0 Å². The Morgan fingerprint density at radius 3 is 2.61 bits per heavy atom. The second-order valence-corrected chi connectivity index (χ2v) is 6.53. The summed E-state index contributed by atoms with van der Waals surface area (Å²) in [5.74, 6) is 0.496. The maximum absolute atomic E-state index is 9.97. The molecule has 98 valence electrons. The Morgan fingerprint density at radius 1 is 1.17 bits per heavy atom. The molecule has 2 rings (SSSR count). The molecule has 0 unspecified atom stereocenters. The maximum Gasteiger partial charge on any atom is 0.167 e. The predicted molar refractivity (Wildman–Crippen MR) is 77.7 cm³/mol. The monoisotopic (exact) mass is 283 g/mol. The highest BCUT2D eigenvalue weighted by Crippen LogP contribution is 2.38. The van der Waals surface area contributed by atoms with E-state index in [-0.39, 0.29) is 11.5 Å². The zero-order valence-corrected chi connectivity index (χ0v) is 12.2. The van der Waals surface area contributed by atoms with Crippen molar-refractivity contribution in [2.75, 3.05) is 6.54 Å². The van der Waals surface area contributed by atoms with Crippen LogP contribution in [0.25, 0.3) is 9.40 Å². The molecule has 0 fully saturated rings. The van der Waals surface area contributed by atoms with E-state index in [1.54, 1.807) is 13.0 Å². The van der Waals surface area contributed by atoms with Crippen molar-refractivity contribution in [1.29, 1.82) is 0 Å². The van der Waals surface area contributed by atoms with Gasteiger partial charge in [0.15, 0.2) is 3.98 Å². The first-order chi connectivity index (χ1) is 8.63. The summed E-state index contributed by atoms with van der Waals surface area (Å²) in [5, 5.41) is 19.8. The van der Waals surface area contributed by atoms with Crippen LogP contribution in [0.15, 0.2) is 11.1 Å². The van der Waals surface area contributed by atoms with Crippen molar-refractivity contribution < 1.29 is 10.2 Å². The van der Waals surface area contributed by atoms with Crippen LogP contribution < -0.4 is 3.98 Å². The third-order valence-corrected chi connectivity index (χ3v) is 5.22. The van der Waals surface area contributed by atoms with Crippen LogP contribution in [0.5, 0.6) is 11.5 Å². The van der Waals surface area contributed by atoms with Crippen LogP contribution >= 0.6 is 22.7 Å². The highest BCUT2D eigenvalue weighted by atomic mass is 32.2. The van der Waals surface area contributed by atoms with Crippen LogP contribution in [0, 0.1) is 6.92 Å². The number of unbranched alkanes of at least 4 members (excludes halogenated alkanes) is 2. The zero-order valence-electron chi connectivity index (χ0n) is 10.6. The second-order valence-electron chi connectivity index (χ2n) is 4.28. The molecular weight excluding hydrogens is 266 g/mol. The highest BCUT2D eigenvalue weighted by molar-refractivity contribution is 7.36. The lowest BCUT2D eigenvalue weighted by atomic mass is 10.2. The van der Waals surface area contributed by atoms with E-state index in [2.05, 4.69) is 11.9 Å². The molecule has 0 amide bonds. The van der Waals surface area contributed by atoms with Gasteiger partial charge in [0.2, 0.25) is 0 Å². The van der Waals surface area contributed by atoms with Crippen LogP contribution in [0.2, 0.25) is 0 Å². The minimum atomic E-state index is 0.233. The molecule has 0 saturated carbocycles. The van der Waals surface area contributed by atoms with E-state index in [9.17, 15) is 10.2 Å². The fourth-order valence-corrected chi connectivity index (χ4v) is 4.11. The zero-order chi connectivity index (χ0) is 13.1. The number of phenols is 2. The van der Waals surface area contributed by atoms with Gasteiger partial charge in [-0.2, -0.15) is 0 Å². The minimum absolute atomic E-state index is 0.233. The van der Waals surface area contributed by atoms with Gasteiger partial charge in [-0.3, -0.25) is 4.99 Å². The largest absolute Gasteiger partial charge is 0.506 e. The number of aromatic hydroxyl groups is 2. The van der Waals surface area contributed by atoms with E-state index in [1.807, 2.05) is 0 Å². The van der Waals surface area contributed by atoms with Gasteiger partial charge in [0.1, 0.15) is 11.5 Å². The summed E-state index contributed by atoms with van der Waals surface area (Å²) in [5.41, 5.74) is 0.701. The van der Waals surface area contributed by atoms with Gasteiger partial charge in [-0.1, -0.05) is 19.8 Å². The van der Waals surface area contributed by atoms with Crippen molar-refractivity contribution in [2.24, 2.45) is 4.99 Å². The predicted octanol–water partition coefficient (Wildman–Crippen LogP) is 3.77. The lowest BCUT2D eigenvalue weighted by molar-refractivity contribution is 0.467. The molecular formula is C13H17NO2S2. The number of hydrogen-bond donors (Lipinski definition) is 2. The lowest BCUT2D eigenvalue weighted by Crippen LogP contribution is -1.90. The molecule has 1 aromatic heterocycles. The van der Waals surface area contributed by atoms with Gasteiger partial charge in [-0.15, -0.1) is 22.7 Å². The lowest BCUT2D eigenvalue weighted by Gasteiger charge is -2.00. The molecule has 5 heteroatoms. The van der Waals surface area contributed by atoms with E-state index < -0.39 is 0 Å². The third kappa shape index (κ3) is 2.67. The summed E-state index contributed by atoms with van der Waals surface area (Å²) < 4.78 is 2.39. The minimum Gasteiger partial charge on any atom is -0.506 e. The number of rotatable bonds is 4. The molecule has 0 bridgehead atoms. The van der Waals surface area contributed by atoms with Crippen LogP contribution in [0.1, 0.15) is 31.7 Å². The Hall–Kier alpha value is -1.07. The van der Waals surface area contributed by atoms with E-state index >= 15 is 0 Å². The van der Waals surface area contributed by atoms with Crippen molar-refractivity contribution in [1.82, 2.24) is 0 Å². The van der Waals surface area contributed by atoms with Crippen LogP contribution in [-0.4, -0.2) is 16.8 Å². The van der Waals surface area contributed by atoms with E-state index in [1.165, 1.54) is 35.5 Å². The average molecular weight is 283 g/mol. The average Bonchev–Trinajstić information content (AvgIpc) is 2.77. The normalized spacial score (nSPS) is 12.4. The molecule has 0 atom stereocenters. The van der Waals surface area contributed by atoms with Gasteiger partial charge in [0.05, 0.1) is 9.40 Å². The smallest absolute Gasteiger partial charge is 0.167 e. The Kier molecular flexibility index (Phi) is 4.24. The second kappa shape index (κ2) is 5.71. The molecule has 0 aliphatic heterocycles. The molecule has 2 aromatic rings. The van der Waals surface area contributed by atoms with Crippen molar-refractivity contribution in [3.05, 3.63) is 15.6 Å². The van der Waals surface area contributed by atoms with Crippen LogP contribution in [0.3, 0.4) is 0 Å². The first-order valence-corrected chi connectivity index (χ1v) is 7.72. The summed E-state index contributed by atoms with van der Waals surface area (Å²) in [6.07, 6.45) is 3.47. The molecule has 0 aliphatic rings. The first kappa shape index (κ1) is 13.4. The highest BCUT2D eigenvalue weighted by Gasteiger charge is 2.11. The van der Waals surface area contributed by atoms with Gasteiger partial charge in [0, 0.05) is 6.54 Å². The summed E-state index contributed by atoms with van der Waals surface area (Å²) in [7, 11) is 0. The molecule has 0 aliphatic carbocycles. The molecule has 1 heterocycles. The van der Waals surface area contributed by atoms with Crippen molar-refractivity contribution in [2.45, 2.75) is 33.1 Å². The standard InChI is InChI=1S/C13H17NO2S2/c1-3-4-5-6-14-13-17-11-9(15)7-8(2)10(16)12(11)18-13/h7,15-16H,3-6H2,1-2H3. The third-order valence-electron chi connectivity index (χ3n) is 2.76. The number of fused-ring (bicyclic) bond motifs is 1.